The largest absolute Gasteiger partial charge is 0.322 e. The summed E-state index contributed by atoms with van der Waals surface area (Å²) < 4.78 is 0. The average molecular weight is 591 g/mol. The zero-order valence-electron chi connectivity index (χ0n) is 20.3. The molecule has 0 saturated carbocycles. The maximum atomic E-state index is 13.5. The van der Waals surface area contributed by atoms with Crippen molar-refractivity contribution in [3.05, 3.63) is 130 Å². The first-order chi connectivity index (χ1) is 18.9. The second-order valence-electron chi connectivity index (χ2n) is 8.43. The molecule has 0 radical (unpaired) electrons. The van der Waals surface area contributed by atoms with Crippen LogP contribution in [0.15, 0.2) is 113 Å². The quantitative estimate of drug-likeness (QED) is 0.177. The molecule has 5 aromatic rings. The highest BCUT2D eigenvalue weighted by Gasteiger charge is 2.23. The summed E-state index contributed by atoms with van der Waals surface area (Å²) in [6, 6.07) is 31.2. The van der Waals surface area contributed by atoms with Crippen LogP contribution in [0.3, 0.4) is 0 Å². The lowest BCUT2D eigenvalue weighted by molar-refractivity contribution is -0.115. The molecule has 1 heterocycles. The molecule has 39 heavy (non-hydrogen) atoms. The van der Waals surface area contributed by atoms with Crippen LogP contribution >= 0.6 is 46.3 Å². The van der Waals surface area contributed by atoms with Gasteiger partial charge in [0, 0.05) is 37.1 Å². The maximum Gasteiger partial charge on any atom is 0.255 e. The molecule has 1 aromatic heterocycles. The summed E-state index contributed by atoms with van der Waals surface area (Å²) in [5, 5.41) is 8.91. The van der Waals surface area contributed by atoms with Gasteiger partial charge in [-0.2, -0.15) is 0 Å². The Bertz CT molecular complexity index is 1590. The molecule has 0 aliphatic rings. The van der Waals surface area contributed by atoms with Crippen LogP contribution in [0.25, 0.3) is 11.3 Å². The van der Waals surface area contributed by atoms with Crippen LogP contribution in [0.1, 0.15) is 21.2 Å². The molecule has 0 aliphatic carbocycles. The van der Waals surface area contributed by atoms with E-state index in [9.17, 15) is 9.59 Å². The minimum Gasteiger partial charge on any atom is -0.322 e. The zero-order valence-corrected chi connectivity index (χ0v) is 23.5. The van der Waals surface area contributed by atoms with E-state index in [-0.39, 0.29) is 11.8 Å². The van der Waals surface area contributed by atoms with Crippen LogP contribution < -0.4 is 10.6 Å². The molecular formula is C30H21Cl2N3O2S2. The van der Waals surface area contributed by atoms with Gasteiger partial charge in [-0.3, -0.25) is 9.59 Å². The number of anilines is 2. The summed E-state index contributed by atoms with van der Waals surface area (Å²) in [5.41, 5.74) is 3.68. The van der Waals surface area contributed by atoms with Crippen LogP contribution in [0.2, 0.25) is 10.0 Å². The Hall–Kier alpha value is -3.62. The molecule has 0 bridgehead atoms. The standard InChI is InChI=1S/C30H21Cl2N3O2S2/c31-22-11-9-19(10-12-22)26-18-38-30(34-26)35-29(37)27(20-5-2-1-3-6-20)39-25-15-13-24(14-16-25)33-28(36)21-7-4-8-23(32)17-21/h1-18,27H,(H,33,36)(H,34,35,37). The number of thiazole rings is 1. The molecule has 4 aromatic carbocycles. The first-order valence-electron chi connectivity index (χ1n) is 11.9. The van der Waals surface area contributed by atoms with Gasteiger partial charge in [-0.25, -0.2) is 4.98 Å². The predicted octanol–water partition coefficient (Wildman–Crippen LogP) is 8.84. The fraction of sp³-hybridized carbons (Fsp3) is 0.0333. The highest BCUT2D eigenvalue weighted by atomic mass is 35.5. The number of hydrogen-bond acceptors (Lipinski definition) is 5. The van der Waals surface area contributed by atoms with E-state index in [0.717, 1.165) is 21.7 Å². The lowest BCUT2D eigenvalue weighted by atomic mass is 10.1. The highest BCUT2D eigenvalue weighted by Crippen LogP contribution is 2.37. The number of halogens is 2. The number of thioether (sulfide) groups is 1. The second kappa shape index (κ2) is 12.5. The van der Waals surface area contributed by atoms with Crippen LogP contribution in [0.4, 0.5) is 10.8 Å². The number of carbonyl (C=O) groups is 2. The summed E-state index contributed by atoms with van der Waals surface area (Å²) in [4.78, 5) is 31.5. The normalized spacial score (nSPS) is 11.5. The second-order valence-corrected chi connectivity index (χ2v) is 11.3. The lowest BCUT2D eigenvalue weighted by Crippen LogP contribution is -2.19. The topological polar surface area (TPSA) is 71.1 Å². The summed E-state index contributed by atoms with van der Waals surface area (Å²) in [6.45, 7) is 0. The molecular weight excluding hydrogens is 569 g/mol. The van der Waals surface area contributed by atoms with Crippen LogP contribution in [0.5, 0.6) is 0 Å². The van der Waals surface area contributed by atoms with Crippen molar-refractivity contribution in [2.75, 3.05) is 10.6 Å². The summed E-state index contributed by atoms with van der Waals surface area (Å²) >= 11 is 14.8. The molecule has 0 spiro atoms. The Morgan fingerprint density at radius 3 is 2.26 bits per heavy atom. The van der Waals surface area contributed by atoms with Gasteiger partial charge in [-0.15, -0.1) is 23.1 Å². The lowest BCUT2D eigenvalue weighted by Gasteiger charge is -2.16. The molecule has 0 fully saturated rings. The van der Waals surface area contributed by atoms with Crippen molar-refractivity contribution in [2.24, 2.45) is 0 Å². The Labute approximate surface area is 244 Å². The maximum absolute atomic E-state index is 13.5. The zero-order chi connectivity index (χ0) is 27.2. The third-order valence-corrected chi connectivity index (χ3v) is 8.18. The van der Waals surface area contributed by atoms with Crippen molar-refractivity contribution < 1.29 is 9.59 Å². The van der Waals surface area contributed by atoms with Crippen LogP contribution in [-0.4, -0.2) is 16.8 Å². The van der Waals surface area contributed by atoms with Gasteiger partial charge in [0.15, 0.2) is 5.13 Å². The van der Waals surface area contributed by atoms with E-state index < -0.39 is 5.25 Å². The number of rotatable bonds is 8. The number of nitrogens with one attached hydrogen (secondary N) is 2. The Balaban J connectivity index is 1.29. The fourth-order valence-electron chi connectivity index (χ4n) is 3.74. The smallest absolute Gasteiger partial charge is 0.255 e. The number of hydrogen-bond donors (Lipinski definition) is 2. The van der Waals surface area contributed by atoms with Gasteiger partial charge >= 0.3 is 0 Å². The van der Waals surface area contributed by atoms with E-state index in [1.165, 1.54) is 23.1 Å². The fourth-order valence-corrected chi connectivity index (χ4v) is 5.81. The molecule has 1 unspecified atom stereocenters. The number of nitrogens with zero attached hydrogens (tertiary/aromatic N) is 1. The molecule has 0 saturated heterocycles. The average Bonchev–Trinajstić information content (AvgIpc) is 3.41. The van der Waals surface area contributed by atoms with E-state index in [4.69, 9.17) is 23.2 Å². The van der Waals surface area contributed by atoms with Crippen molar-refractivity contribution in [3.63, 3.8) is 0 Å². The minimum absolute atomic E-state index is 0.179. The number of aromatic nitrogens is 1. The first-order valence-corrected chi connectivity index (χ1v) is 14.4. The molecule has 5 rings (SSSR count). The summed E-state index contributed by atoms with van der Waals surface area (Å²) in [6.07, 6.45) is 0. The molecule has 2 amide bonds. The van der Waals surface area contributed by atoms with Gasteiger partial charge in [0.05, 0.1) is 5.69 Å². The molecule has 0 aliphatic heterocycles. The molecule has 1 atom stereocenters. The van der Waals surface area contributed by atoms with Gasteiger partial charge < -0.3 is 10.6 Å². The molecule has 2 N–H and O–H groups in total. The number of carbonyl (C=O) groups excluding carboxylic acids is 2. The minimum atomic E-state index is -0.513. The molecule has 9 heteroatoms. The Kier molecular flexibility index (Phi) is 8.64. The molecule has 194 valence electrons. The van der Waals surface area contributed by atoms with Crippen molar-refractivity contribution >= 4 is 68.9 Å². The summed E-state index contributed by atoms with van der Waals surface area (Å²) in [5.74, 6) is -0.428. The van der Waals surface area contributed by atoms with Gasteiger partial charge in [0.1, 0.15) is 5.25 Å². The van der Waals surface area contributed by atoms with Crippen LogP contribution in [-0.2, 0) is 4.79 Å². The van der Waals surface area contributed by atoms with Crippen molar-refractivity contribution in [3.8, 4) is 11.3 Å². The van der Waals surface area contributed by atoms with E-state index in [0.29, 0.717) is 26.4 Å². The van der Waals surface area contributed by atoms with Crippen molar-refractivity contribution in [1.29, 1.82) is 0 Å². The summed E-state index contributed by atoms with van der Waals surface area (Å²) in [7, 11) is 0. The van der Waals surface area contributed by atoms with Gasteiger partial charge in [-0.1, -0.05) is 71.7 Å². The SMILES string of the molecule is O=C(Nc1ccc(SC(C(=O)Nc2nc(-c3ccc(Cl)cc3)cs2)c2ccccc2)cc1)c1cccc(Cl)c1. The number of amides is 2. The predicted molar refractivity (Wildman–Crippen MR) is 162 cm³/mol. The number of benzene rings is 4. The van der Waals surface area contributed by atoms with Gasteiger partial charge in [0.2, 0.25) is 5.91 Å². The first kappa shape index (κ1) is 27.0. The van der Waals surface area contributed by atoms with E-state index in [2.05, 4.69) is 15.6 Å². The third kappa shape index (κ3) is 7.07. The van der Waals surface area contributed by atoms with Gasteiger partial charge in [-0.05, 0) is 60.2 Å². The van der Waals surface area contributed by atoms with E-state index in [1.54, 1.807) is 24.3 Å². The Morgan fingerprint density at radius 2 is 1.54 bits per heavy atom. The van der Waals surface area contributed by atoms with Gasteiger partial charge in [0.25, 0.3) is 5.91 Å². The molecule has 5 nitrogen and oxygen atoms in total. The monoisotopic (exact) mass is 589 g/mol. The van der Waals surface area contributed by atoms with Crippen LogP contribution in [0, 0.1) is 0 Å². The third-order valence-electron chi connectivity index (χ3n) is 5.67. The van der Waals surface area contributed by atoms with Crippen molar-refractivity contribution in [2.45, 2.75) is 10.1 Å². The highest BCUT2D eigenvalue weighted by molar-refractivity contribution is 8.00. The van der Waals surface area contributed by atoms with E-state index >= 15 is 0 Å². The van der Waals surface area contributed by atoms with Crippen molar-refractivity contribution in [1.82, 2.24) is 4.98 Å². The Morgan fingerprint density at radius 1 is 0.795 bits per heavy atom. The van der Waals surface area contributed by atoms with E-state index in [1.807, 2.05) is 84.2 Å².